The molecule has 7 atom stereocenters. The lowest BCUT2D eigenvalue weighted by Crippen LogP contribution is -2.56. The molecule has 5 heteroatoms. The Morgan fingerprint density at radius 3 is 2.74 bits per heavy atom. The van der Waals surface area contributed by atoms with Crippen LogP contribution >= 0.6 is 0 Å². The van der Waals surface area contributed by atoms with Gasteiger partial charge in [-0.3, -0.25) is 4.79 Å². The van der Waals surface area contributed by atoms with Crippen molar-refractivity contribution < 1.29 is 14.7 Å². The third kappa shape index (κ3) is 2.96. The van der Waals surface area contributed by atoms with Gasteiger partial charge in [0.25, 0.3) is 0 Å². The number of fused-ring (bicyclic) bond motifs is 5. The molecule has 0 radical (unpaired) electrons. The molecule has 0 aliphatic heterocycles. The molecule has 4 rings (SSSR count). The lowest BCUT2D eigenvalue weighted by Gasteiger charge is -2.61. The summed E-state index contributed by atoms with van der Waals surface area (Å²) < 4.78 is 0. The Morgan fingerprint density at radius 1 is 1.19 bits per heavy atom. The molecule has 4 fully saturated rings. The van der Waals surface area contributed by atoms with E-state index in [4.69, 9.17) is 10.6 Å². The highest BCUT2D eigenvalue weighted by atomic mass is 16.6. The summed E-state index contributed by atoms with van der Waals surface area (Å²) in [5.74, 6) is 3.09. The highest BCUT2D eigenvalue weighted by Crippen LogP contribution is 2.66. The number of oxime groups is 1. The van der Waals surface area contributed by atoms with Crippen molar-refractivity contribution in [2.24, 2.45) is 51.3 Å². The number of aliphatic hydroxyl groups excluding tert-OH is 1. The number of ketones is 1. The quantitative estimate of drug-likeness (QED) is 0.583. The van der Waals surface area contributed by atoms with Crippen molar-refractivity contribution in [3.8, 4) is 0 Å². The van der Waals surface area contributed by atoms with Gasteiger partial charge in [0.1, 0.15) is 12.4 Å². The molecule has 0 aromatic carbocycles. The average molecular weight is 377 g/mol. The summed E-state index contributed by atoms with van der Waals surface area (Å²) in [5.41, 5.74) is 6.79. The maximum atomic E-state index is 12.6. The maximum Gasteiger partial charge on any atom is 0.139 e. The van der Waals surface area contributed by atoms with Gasteiger partial charge in [0, 0.05) is 25.0 Å². The van der Waals surface area contributed by atoms with Crippen molar-refractivity contribution in [1.29, 1.82) is 0 Å². The fraction of sp³-hybridized carbons (Fsp3) is 0.909. The molecule has 1 unspecified atom stereocenters. The zero-order valence-corrected chi connectivity index (χ0v) is 17.0. The van der Waals surface area contributed by atoms with E-state index in [1.165, 1.54) is 6.42 Å². The van der Waals surface area contributed by atoms with E-state index in [0.717, 1.165) is 50.7 Å². The van der Waals surface area contributed by atoms with Crippen molar-refractivity contribution in [1.82, 2.24) is 0 Å². The first kappa shape index (κ1) is 19.4. The van der Waals surface area contributed by atoms with Crippen molar-refractivity contribution in [2.45, 2.75) is 65.2 Å². The summed E-state index contributed by atoms with van der Waals surface area (Å²) in [5, 5.41) is 14.6. The molecule has 0 amide bonds. The molecule has 0 aromatic rings. The van der Waals surface area contributed by atoms with Crippen LogP contribution in [0.3, 0.4) is 0 Å². The van der Waals surface area contributed by atoms with E-state index in [2.05, 4.69) is 19.0 Å². The van der Waals surface area contributed by atoms with E-state index >= 15 is 0 Å². The highest BCUT2D eigenvalue weighted by molar-refractivity contribution is 5.87. The molecule has 4 aliphatic carbocycles. The lowest BCUT2D eigenvalue weighted by molar-refractivity contribution is -0.145. The minimum absolute atomic E-state index is 0.0955. The molecule has 4 saturated carbocycles. The van der Waals surface area contributed by atoms with Crippen molar-refractivity contribution >= 4 is 11.5 Å². The number of hydrogen-bond acceptors (Lipinski definition) is 5. The highest BCUT2D eigenvalue weighted by Gasteiger charge is 2.61. The van der Waals surface area contributed by atoms with Gasteiger partial charge < -0.3 is 15.7 Å². The first-order valence-electron chi connectivity index (χ1n) is 11.0. The Bertz CT molecular complexity index is 621. The Labute approximate surface area is 163 Å². The number of hydrogen-bond donors (Lipinski definition) is 2. The van der Waals surface area contributed by atoms with Gasteiger partial charge >= 0.3 is 0 Å². The van der Waals surface area contributed by atoms with Crippen LogP contribution in [0.5, 0.6) is 0 Å². The van der Waals surface area contributed by atoms with E-state index in [9.17, 15) is 9.90 Å². The maximum absolute atomic E-state index is 12.6. The molecule has 3 N–H and O–H groups in total. The molecular formula is C22H36N2O3. The fourth-order valence-electron chi connectivity index (χ4n) is 7.55. The summed E-state index contributed by atoms with van der Waals surface area (Å²) in [4.78, 5) is 18.0. The van der Waals surface area contributed by atoms with Crippen LogP contribution in [0.4, 0.5) is 0 Å². The van der Waals surface area contributed by atoms with Crippen LogP contribution in [0.25, 0.3) is 0 Å². The van der Waals surface area contributed by atoms with Crippen molar-refractivity contribution in [3.05, 3.63) is 0 Å². The molecule has 27 heavy (non-hydrogen) atoms. The fourth-order valence-corrected chi connectivity index (χ4v) is 7.55. The normalized spacial score (nSPS) is 48.1. The van der Waals surface area contributed by atoms with Crippen molar-refractivity contribution in [3.63, 3.8) is 0 Å². The molecule has 152 valence electrons. The summed E-state index contributed by atoms with van der Waals surface area (Å²) >= 11 is 0. The van der Waals surface area contributed by atoms with Crippen LogP contribution in [0.2, 0.25) is 0 Å². The first-order chi connectivity index (χ1) is 12.9. The van der Waals surface area contributed by atoms with Gasteiger partial charge in [-0.05, 0) is 80.0 Å². The zero-order valence-electron chi connectivity index (χ0n) is 17.0. The number of carbonyl (C=O) groups excluding carboxylic acids is 1. The number of nitrogens with two attached hydrogens (primary N) is 1. The second kappa shape index (κ2) is 7.14. The summed E-state index contributed by atoms with van der Waals surface area (Å²) in [6.07, 6.45) is 8.19. The molecule has 0 saturated heterocycles. The topological polar surface area (TPSA) is 84.9 Å². The van der Waals surface area contributed by atoms with Gasteiger partial charge in [0.05, 0.1) is 5.71 Å². The second-order valence-corrected chi connectivity index (χ2v) is 10.1. The van der Waals surface area contributed by atoms with Gasteiger partial charge in [-0.2, -0.15) is 0 Å². The summed E-state index contributed by atoms with van der Waals surface area (Å²) in [6, 6.07) is 0. The monoisotopic (exact) mass is 376 g/mol. The van der Waals surface area contributed by atoms with Crippen LogP contribution in [-0.4, -0.2) is 36.4 Å². The third-order valence-electron chi connectivity index (χ3n) is 9.03. The Kier molecular flexibility index (Phi) is 5.13. The zero-order chi connectivity index (χ0) is 19.2. The standard InChI is InChI=1S/C22H36N2O3/c1-21-7-5-15(24-27-10-9-23)12-19(21)14(13-25)11-16-17-3-4-20(26)22(17,2)8-6-18(16)21/h14,16-19,25H,3-13,23H2,1-2H3/t14-,16+,17+,18+,19?,21-,22+/m1/s1. The van der Waals surface area contributed by atoms with E-state index in [-0.39, 0.29) is 17.4 Å². The summed E-state index contributed by atoms with van der Waals surface area (Å²) in [7, 11) is 0. The van der Waals surface area contributed by atoms with Crippen LogP contribution in [0, 0.1) is 40.4 Å². The van der Waals surface area contributed by atoms with Gasteiger partial charge in [-0.15, -0.1) is 0 Å². The minimum Gasteiger partial charge on any atom is -0.396 e. The average Bonchev–Trinajstić information content (AvgIpc) is 2.96. The molecule has 5 nitrogen and oxygen atoms in total. The van der Waals surface area contributed by atoms with E-state index < -0.39 is 0 Å². The van der Waals surface area contributed by atoms with Crippen LogP contribution in [0.15, 0.2) is 5.16 Å². The number of rotatable bonds is 4. The third-order valence-corrected chi connectivity index (χ3v) is 9.03. The Balaban J connectivity index is 1.59. The SMILES string of the molecule is C[C@]12CCC(=NOCCN)CC1[C@@H](CO)C[C@@H]1[C@@H]2CC[C@]2(C)C(=O)CC[C@@H]12. The van der Waals surface area contributed by atoms with E-state index in [1.54, 1.807) is 0 Å². The van der Waals surface area contributed by atoms with Gasteiger partial charge in [0.15, 0.2) is 0 Å². The second-order valence-electron chi connectivity index (χ2n) is 10.1. The molecule has 0 aromatic heterocycles. The number of nitrogens with zero attached hydrogens (tertiary/aromatic N) is 1. The molecule has 0 bridgehead atoms. The predicted molar refractivity (Wildman–Crippen MR) is 105 cm³/mol. The van der Waals surface area contributed by atoms with Crippen LogP contribution in [-0.2, 0) is 9.63 Å². The van der Waals surface area contributed by atoms with E-state index in [0.29, 0.717) is 48.5 Å². The van der Waals surface area contributed by atoms with E-state index in [1.807, 2.05) is 0 Å². The summed E-state index contributed by atoms with van der Waals surface area (Å²) in [6.45, 7) is 5.89. The number of aliphatic hydroxyl groups is 1. The molecule has 0 spiro atoms. The smallest absolute Gasteiger partial charge is 0.139 e. The number of Topliss-reactive ketones (excluding diaryl/α,β-unsaturated/α-hetero) is 1. The minimum atomic E-state index is -0.0955. The predicted octanol–water partition coefficient (Wildman–Crippen LogP) is 3.15. The molecule has 4 aliphatic rings. The van der Waals surface area contributed by atoms with Gasteiger partial charge in [-0.25, -0.2) is 0 Å². The van der Waals surface area contributed by atoms with Gasteiger partial charge in [-0.1, -0.05) is 19.0 Å². The Morgan fingerprint density at radius 2 is 2.00 bits per heavy atom. The lowest BCUT2D eigenvalue weighted by atomic mass is 9.43. The van der Waals surface area contributed by atoms with Crippen LogP contribution in [0.1, 0.15) is 65.2 Å². The van der Waals surface area contributed by atoms with Crippen molar-refractivity contribution in [2.75, 3.05) is 19.8 Å². The van der Waals surface area contributed by atoms with Gasteiger partial charge in [0.2, 0.25) is 0 Å². The Hall–Kier alpha value is -0.940. The number of carbonyl (C=O) groups is 1. The largest absolute Gasteiger partial charge is 0.396 e. The molecule has 0 heterocycles. The molecular weight excluding hydrogens is 340 g/mol. The first-order valence-corrected chi connectivity index (χ1v) is 11.0. The van der Waals surface area contributed by atoms with Crippen LogP contribution < -0.4 is 5.73 Å².